The molecule has 1 N–H and O–H groups in total. The van der Waals surface area contributed by atoms with Crippen LogP contribution in [-0.2, 0) is 17.9 Å². The summed E-state index contributed by atoms with van der Waals surface area (Å²) in [5, 5.41) is 2.78. The van der Waals surface area contributed by atoms with E-state index >= 15 is 0 Å². The number of carbonyl (C=O) groups excluding carboxylic acids is 3. The molecule has 4 rings (SSSR count). The van der Waals surface area contributed by atoms with Crippen molar-refractivity contribution >= 4 is 17.7 Å². The van der Waals surface area contributed by atoms with Crippen LogP contribution in [-0.4, -0.2) is 58.3 Å². The fourth-order valence-electron chi connectivity index (χ4n) is 4.18. The Labute approximate surface area is 186 Å². The van der Waals surface area contributed by atoms with Crippen LogP contribution in [0.15, 0.2) is 41.2 Å². The van der Waals surface area contributed by atoms with E-state index in [0.29, 0.717) is 39.1 Å². The second kappa shape index (κ2) is 9.38. The summed E-state index contributed by atoms with van der Waals surface area (Å²) in [6.07, 6.45) is 2.49. The number of piperidine rings is 1. The molecule has 0 spiro atoms. The molecule has 1 fully saturated rings. The molecule has 2 aromatic rings. The Kier molecular flexibility index (Phi) is 6.39. The minimum atomic E-state index is -0.455. The number of hydrogen-bond acceptors (Lipinski definition) is 4. The zero-order chi connectivity index (χ0) is 22.7. The third-order valence-electron chi connectivity index (χ3n) is 6.15. The first-order valence-corrected chi connectivity index (χ1v) is 11.1. The van der Waals surface area contributed by atoms with Crippen LogP contribution >= 0.6 is 0 Å². The Morgan fingerprint density at radius 3 is 2.41 bits per heavy atom. The Hall–Kier alpha value is -3.42. The van der Waals surface area contributed by atoms with Gasteiger partial charge in [0.25, 0.3) is 17.4 Å². The van der Waals surface area contributed by atoms with Gasteiger partial charge in [-0.25, -0.2) is 0 Å². The summed E-state index contributed by atoms with van der Waals surface area (Å²) in [6, 6.07) is 10.8. The van der Waals surface area contributed by atoms with E-state index < -0.39 is 11.5 Å². The number of fused-ring (bicyclic) bond motifs is 1. The van der Waals surface area contributed by atoms with Gasteiger partial charge in [0.1, 0.15) is 11.3 Å². The minimum absolute atomic E-state index is 0.0287. The van der Waals surface area contributed by atoms with Gasteiger partial charge in [0.2, 0.25) is 5.91 Å². The molecule has 1 aromatic carbocycles. The van der Waals surface area contributed by atoms with Gasteiger partial charge in [-0.05, 0) is 37.5 Å². The van der Waals surface area contributed by atoms with E-state index in [-0.39, 0.29) is 23.1 Å². The number of nitrogens with zero attached hydrogens (tertiary/aromatic N) is 3. The van der Waals surface area contributed by atoms with Crippen LogP contribution in [0.3, 0.4) is 0 Å². The molecule has 168 valence electrons. The lowest BCUT2D eigenvalue weighted by Gasteiger charge is -2.33. The highest BCUT2D eigenvalue weighted by molar-refractivity contribution is 5.96. The molecule has 0 unspecified atom stereocenters. The average Bonchev–Trinajstić information content (AvgIpc) is 2.79. The van der Waals surface area contributed by atoms with Gasteiger partial charge in [-0.15, -0.1) is 0 Å². The summed E-state index contributed by atoms with van der Waals surface area (Å²) >= 11 is 0. The molecular weight excluding hydrogens is 408 g/mol. The maximum Gasteiger partial charge on any atom is 0.270 e. The van der Waals surface area contributed by atoms with Gasteiger partial charge in [-0.1, -0.05) is 29.8 Å². The van der Waals surface area contributed by atoms with Gasteiger partial charge >= 0.3 is 0 Å². The number of amides is 3. The minimum Gasteiger partial charge on any atom is -0.348 e. The summed E-state index contributed by atoms with van der Waals surface area (Å²) in [4.78, 5) is 53.9. The molecular formula is C24H28N4O4. The van der Waals surface area contributed by atoms with Crippen LogP contribution in [0, 0.1) is 6.92 Å². The number of benzene rings is 1. The highest BCUT2D eigenvalue weighted by atomic mass is 16.2. The quantitative estimate of drug-likeness (QED) is 0.744. The molecule has 1 aromatic heterocycles. The maximum atomic E-state index is 12.9. The lowest BCUT2D eigenvalue weighted by Crippen LogP contribution is -2.49. The Morgan fingerprint density at radius 2 is 1.66 bits per heavy atom. The summed E-state index contributed by atoms with van der Waals surface area (Å²) in [7, 11) is 0. The Bertz CT molecular complexity index is 1090. The number of aryl methyl sites for hydroxylation is 1. The second-order valence-corrected chi connectivity index (χ2v) is 8.39. The maximum absolute atomic E-state index is 12.9. The fourth-order valence-corrected chi connectivity index (χ4v) is 4.18. The Morgan fingerprint density at radius 1 is 0.906 bits per heavy atom. The van der Waals surface area contributed by atoms with Crippen LogP contribution in [0.5, 0.6) is 0 Å². The number of nitrogens with one attached hydrogen (secondary N) is 1. The smallest absolute Gasteiger partial charge is 0.270 e. The van der Waals surface area contributed by atoms with Gasteiger partial charge in [-0.2, -0.15) is 0 Å². The molecule has 0 atom stereocenters. The van der Waals surface area contributed by atoms with Gasteiger partial charge in [0, 0.05) is 45.7 Å². The third-order valence-corrected chi connectivity index (χ3v) is 6.15. The highest BCUT2D eigenvalue weighted by Crippen LogP contribution is 2.14. The van der Waals surface area contributed by atoms with Crippen molar-refractivity contribution in [3.63, 3.8) is 0 Å². The molecule has 0 aliphatic carbocycles. The van der Waals surface area contributed by atoms with E-state index in [0.717, 1.165) is 30.5 Å². The second-order valence-electron chi connectivity index (χ2n) is 8.39. The zero-order valence-corrected chi connectivity index (χ0v) is 18.3. The summed E-state index contributed by atoms with van der Waals surface area (Å²) in [6.45, 7) is 4.70. The third kappa shape index (κ3) is 4.59. The summed E-state index contributed by atoms with van der Waals surface area (Å²) < 4.78 is 1.38. The predicted octanol–water partition coefficient (Wildman–Crippen LogP) is 1.56. The average molecular weight is 437 g/mol. The molecule has 2 aliphatic rings. The highest BCUT2D eigenvalue weighted by Gasteiger charge is 2.28. The molecule has 0 saturated carbocycles. The van der Waals surface area contributed by atoms with Gasteiger partial charge in [-0.3, -0.25) is 19.2 Å². The molecule has 32 heavy (non-hydrogen) atoms. The van der Waals surface area contributed by atoms with Crippen molar-refractivity contribution in [3.05, 3.63) is 69.1 Å². The monoisotopic (exact) mass is 436 g/mol. The van der Waals surface area contributed by atoms with Crippen LogP contribution in [0.4, 0.5) is 0 Å². The van der Waals surface area contributed by atoms with E-state index in [1.165, 1.54) is 10.6 Å². The van der Waals surface area contributed by atoms with Crippen molar-refractivity contribution in [3.8, 4) is 0 Å². The number of hydrogen-bond donors (Lipinski definition) is 1. The van der Waals surface area contributed by atoms with E-state index in [1.807, 2.05) is 31.2 Å². The van der Waals surface area contributed by atoms with E-state index in [4.69, 9.17) is 0 Å². The van der Waals surface area contributed by atoms with Gasteiger partial charge in [0.05, 0.1) is 0 Å². The molecule has 0 radical (unpaired) electrons. The first-order valence-electron chi connectivity index (χ1n) is 11.1. The van der Waals surface area contributed by atoms with E-state index in [1.54, 1.807) is 15.9 Å². The van der Waals surface area contributed by atoms with Crippen LogP contribution < -0.4 is 10.9 Å². The molecule has 8 nitrogen and oxygen atoms in total. The first-order chi connectivity index (χ1) is 15.4. The van der Waals surface area contributed by atoms with Crippen molar-refractivity contribution < 1.29 is 14.4 Å². The predicted molar refractivity (Wildman–Crippen MR) is 119 cm³/mol. The molecule has 3 amide bonds. The zero-order valence-electron chi connectivity index (χ0n) is 18.3. The van der Waals surface area contributed by atoms with E-state index in [9.17, 15) is 19.2 Å². The Balaban J connectivity index is 1.41. The molecule has 8 heteroatoms. The first kappa shape index (κ1) is 21.8. The molecule has 3 heterocycles. The number of carbonyl (C=O) groups is 3. The normalized spacial score (nSPS) is 16.2. The molecule has 0 bridgehead atoms. The molecule has 1 saturated heterocycles. The standard InChI is InChI=1S/C24H28N4O4/c1-17-5-7-18(8-6-17)16-25-22(30)19-9-10-20-24(32)27(14-15-28(20)23(19)31)13-12-26-11-3-2-4-21(26)29/h5-10H,2-4,11-16H2,1H3,(H,25,30). The topological polar surface area (TPSA) is 91.7 Å². The number of pyridine rings is 1. The van der Waals surface area contributed by atoms with Crippen molar-refractivity contribution in [2.45, 2.75) is 39.3 Å². The van der Waals surface area contributed by atoms with Crippen molar-refractivity contribution in [2.24, 2.45) is 0 Å². The number of aromatic nitrogens is 1. The van der Waals surface area contributed by atoms with Crippen molar-refractivity contribution in [1.82, 2.24) is 19.7 Å². The lowest BCUT2D eigenvalue weighted by atomic mass is 10.1. The number of rotatable bonds is 6. The van der Waals surface area contributed by atoms with Crippen molar-refractivity contribution in [1.29, 1.82) is 0 Å². The fraction of sp³-hybridized carbons (Fsp3) is 0.417. The van der Waals surface area contributed by atoms with E-state index in [2.05, 4.69) is 5.32 Å². The largest absolute Gasteiger partial charge is 0.348 e. The van der Waals surface area contributed by atoms with Crippen molar-refractivity contribution in [2.75, 3.05) is 26.2 Å². The lowest BCUT2D eigenvalue weighted by molar-refractivity contribution is -0.133. The van der Waals surface area contributed by atoms with Crippen LogP contribution in [0.1, 0.15) is 51.2 Å². The van der Waals surface area contributed by atoms with Gasteiger partial charge < -0.3 is 19.7 Å². The van der Waals surface area contributed by atoms with Gasteiger partial charge in [0.15, 0.2) is 0 Å². The van der Waals surface area contributed by atoms with Crippen LogP contribution in [0.2, 0.25) is 0 Å². The summed E-state index contributed by atoms with van der Waals surface area (Å²) in [5.41, 5.74) is 1.93. The van der Waals surface area contributed by atoms with Crippen LogP contribution in [0.25, 0.3) is 0 Å². The summed E-state index contributed by atoms with van der Waals surface area (Å²) in [5.74, 6) is -0.563. The SMILES string of the molecule is Cc1ccc(CNC(=O)c2ccc3n(c2=O)CCN(CCN2CCCCC2=O)C3=O)cc1. The number of likely N-dealkylation sites (tertiary alicyclic amines) is 1. The molecule has 2 aliphatic heterocycles.